The van der Waals surface area contributed by atoms with Gasteiger partial charge in [0.1, 0.15) is 5.75 Å². The number of anilines is 1. The van der Waals surface area contributed by atoms with Crippen LogP contribution in [0.4, 0.5) is 5.69 Å². The average Bonchev–Trinajstić information content (AvgIpc) is 2.73. The fourth-order valence-electron chi connectivity index (χ4n) is 2.73. The van der Waals surface area contributed by atoms with Crippen LogP contribution < -0.4 is 15.6 Å². The van der Waals surface area contributed by atoms with Gasteiger partial charge < -0.3 is 4.74 Å². The molecular weight excluding hydrogens is 388 g/mol. The minimum atomic E-state index is -3.59. The maximum Gasteiger partial charge on any atom is 0.269 e. The summed E-state index contributed by atoms with van der Waals surface area (Å²) in [6.45, 7) is 3.79. The highest BCUT2D eigenvalue weighted by Gasteiger charge is 2.17. The average molecular weight is 410 g/mol. The number of rotatable bonds is 6. The van der Waals surface area contributed by atoms with E-state index in [4.69, 9.17) is 4.74 Å². The Labute approximate surface area is 170 Å². The molecule has 0 saturated heterocycles. The number of sulfone groups is 1. The third-order valence-electron chi connectivity index (χ3n) is 4.49. The van der Waals surface area contributed by atoms with Gasteiger partial charge in [0.2, 0.25) is 9.84 Å². The normalized spacial score (nSPS) is 11.0. The molecule has 0 fully saturated rings. The third kappa shape index (κ3) is 4.57. The van der Waals surface area contributed by atoms with Crippen molar-refractivity contribution in [2.45, 2.75) is 23.6 Å². The van der Waals surface area contributed by atoms with E-state index < -0.39 is 9.84 Å². The van der Waals surface area contributed by atoms with Crippen LogP contribution in [-0.4, -0.2) is 21.4 Å². The zero-order valence-electron chi connectivity index (χ0n) is 16.4. The number of ether oxygens (including phenoxy) is 1. The number of hydrazine groups is 1. The molecule has 0 saturated carbocycles. The Morgan fingerprint density at radius 2 is 1.45 bits per heavy atom. The monoisotopic (exact) mass is 410 g/mol. The fraction of sp³-hybridized carbons (Fsp3) is 0.136. The lowest BCUT2D eigenvalue weighted by atomic mass is 10.1. The molecule has 0 spiro atoms. The molecule has 0 heterocycles. The standard InChI is InChI=1S/C22H22N2O4S/c1-15-4-10-19(11-5-15)29(26,27)20-12-8-18(9-13-20)23-24-22(25)17-7-6-16(2)21(14-17)28-3/h4-14,23H,1-3H3,(H,24,25). The maximum absolute atomic E-state index is 12.7. The molecule has 0 aliphatic carbocycles. The van der Waals surface area contributed by atoms with Gasteiger partial charge in [0.15, 0.2) is 0 Å². The van der Waals surface area contributed by atoms with Crippen molar-refractivity contribution in [2.24, 2.45) is 0 Å². The zero-order valence-corrected chi connectivity index (χ0v) is 17.2. The summed E-state index contributed by atoms with van der Waals surface area (Å²) in [5.41, 5.74) is 8.30. The van der Waals surface area contributed by atoms with Gasteiger partial charge in [-0.3, -0.25) is 15.6 Å². The summed E-state index contributed by atoms with van der Waals surface area (Å²) >= 11 is 0. The van der Waals surface area contributed by atoms with Crippen molar-refractivity contribution >= 4 is 21.4 Å². The number of nitrogens with one attached hydrogen (secondary N) is 2. The van der Waals surface area contributed by atoms with Gasteiger partial charge in [0.25, 0.3) is 5.91 Å². The van der Waals surface area contributed by atoms with Gasteiger partial charge in [0.05, 0.1) is 22.6 Å². The molecule has 0 radical (unpaired) electrons. The van der Waals surface area contributed by atoms with Crippen LogP contribution in [0.25, 0.3) is 0 Å². The Kier molecular flexibility index (Phi) is 5.89. The van der Waals surface area contributed by atoms with E-state index in [0.717, 1.165) is 11.1 Å². The number of carbonyl (C=O) groups excluding carboxylic acids is 1. The molecule has 0 bridgehead atoms. The molecule has 0 aliphatic rings. The summed E-state index contributed by atoms with van der Waals surface area (Å²) in [5.74, 6) is 0.294. The van der Waals surface area contributed by atoms with Crippen LogP contribution >= 0.6 is 0 Å². The molecule has 3 aromatic rings. The van der Waals surface area contributed by atoms with Crippen LogP contribution in [0.3, 0.4) is 0 Å². The molecule has 0 aromatic heterocycles. The lowest BCUT2D eigenvalue weighted by Crippen LogP contribution is -2.29. The second-order valence-electron chi connectivity index (χ2n) is 6.60. The highest BCUT2D eigenvalue weighted by Crippen LogP contribution is 2.23. The largest absolute Gasteiger partial charge is 0.496 e. The molecule has 0 unspecified atom stereocenters. The number of methoxy groups -OCH3 is 1. The minimum Gasteiger partial charge on any atom is -0.496 e. The smallest absolute Gasteiger partial charge is 0.269 e. The number of carbonyl (C=O) groups is 1. The SMILES string of the molecule is COc1cc(C(=O)NNc2ccc(S(=O)(=O)c3ccc(C)cc3)cc2)ccc1C. The summed E-state index contributed by atoms with van der Waals surface area (Å²) in [5, 5.41) is 0. The highest BCUT2D eigenvalue weighted by molar-refractivity contribution is 7.91. The van der Waals surface area contributed by atoms with E-state index in [1.807, 2.05) is 13.8 Å². The molecular formula is C22H22N2O4S. The molecule has 3 rings (SSSR count). The number of amides is 1. The second kappa shape index (κ2) is 8.36. The van der Waals surface area contributed by atoms with Gasteiger partial charge in [-0.15, -0.1) is 0 Å². The predicted octanol–water partition coefficient (Wildman–Crippen LogP) is 3.90. The minimum absolute atomic E-state index is 0.182. The number of hydrogen-bond acceptors (Lipinski definition) is 5. The Morgan fingerprint density at radius 3 is 2.03 bits per heavy atom. The van der Waals surface area contributed by atoms with Crippen molar-refractivity contribution in [3.05, 3.63) is 83.4 Å². The van der Waals surface area contributed by atoms with Crippen LogP contribution in [0.15, 0.2) is 76.5 Å². The predicted molar refractivity (Wildman–Crippen MR) is 112 cm³/mol. The van der Waals surface area contributed by atoms with Gasteiger partial charge in [-0.2, -0.15) is 0 Å². The van der Waals surface area contributed by atoms with Crippen molar-refractivity contribution < 1.29 is 17.9 Å². The zero-order chi connectivity index (χ0) is 21.0. The van der Waals surface area contributed by atoms with Crippen LogP contribution in [0, 0.1) is 13.8 Å². The lowest BCUT2D eigenvalue weighted by molar-refractivity contribution is 0.0962. The topological polar surface area (TPSA) is 84.5 Å². The molecule has 2 N–H and O–H groups in total. The molecule has 1 amide bonds. The van der Waals surface area contributed by atoms with Crippen LogP contribution in [-0.2, 0) is 9.84 Å². The Bertz CT molecular complexity index is 1120. The summed E-state index contributed by atoms with van der Waals surface area (Å²) in [7, 11) is -2.04. The molecule has 7 heteroatoms. The van der Waals surface area contributed by atoms with Gasteiger partial charge in [-0.25, -0.2) is 8.42 Å². The summed E-state index contributed by atoms with van der Waals surface area (Å²) in [6, 6.07) is 18.1. The number of benzene rings is 3. The Morgan fingerprint density at radius 1 is 0.862 bits per heavy atom. The lowest BCUT2D eigenvalue weighted by Gasteiger charge is -2.11. The maximum atomic E-state index is 12.7. The fourth-order valence-corrected chi connectivity index (χ4v) is 3.99. The van der Waals surface area contributed by atoms with Crippen LogP contribution in [0.5, 0.6) is 5.75 Å². The van der Waals surface area contributed by atoms with Gasteiger partial charge in [-0.1, -0.05) is 23.8 Å². The Balaban J connectivity index is 1.69. The first-order valence-corrected chi connectivity index (χ1v) is 10.4. The summed E-state index contributed by atoms with van der Waals surface area (Å²) < 4.78 is 30.6. The third-order valence-corrected chi connectivity index (χ3v) is 6.27. The summed E-state index contributed by atoms with van der Waals surface area (Å²) in [4.78, 5) is 12.7. The van der Waals surface area contributed by atoms with Gasteiger partial charge in [-0.05, 0) is 67.9 Å². The van der Waals surface area contributed by atoms with E-state index in [-0.39, 0.29) is 15.7 Å². The number of hydrogen-bond donors (Lipinski definition) is 2. The van der Waals surface area contributed by atoms with E-state index in [0.29, 0.717) is 17.0 Å². The molecule has 0 aliphatic heterocycles. The van der Waals surface area contributed by atoms with Gasteiger partial charge in [0, 0.05) is 5.56 Å². The van der Waals surface area contributed by atoms with Crippen molar-refractivity contribution in [1.82, 2.24) is 5.43 Å². The Hall–Kier alpha value is -3.32. The molecule has 0 atom stereocenters. The highest BCUT2D eigenvalue weighted by atomic mass is 32.2. The van der Waals surface area contributed by atoms with Crippen molar-refractivity contribution in [3.8, 4) is 5.75 Å². The molecule has 3 aromatic carbocycles. The first kappa shape index (κ1) is 20.4. The van der Waals surface area contributed by atoms with E-state index in [2.05, 4.69) is 10.9 Å². The van der Waals surface area contributed by atoms with Crippen molar-refractivity contribution in [3.63, 3.8) is 0 Å². The van der Waals surface area contributed by atoms with Crippen LogP contribution in [0.2, 0.25) is 0 Å². The van der Waals surface area contributed by atoms with Gasteiger partial charge >= 0.3 is 0 Å². The summed E-state index contributed by atoms with van der Waals surface area (Å²) in [6.07, 6.45) is 0. The first-order chi connectivity index (χ1) is 13.8. The molecule has 29 heavy (non-hydrogen) atoms. The number of aryl methyl sites for hydroxylation is 2. The quantitative estimate of drug-likeness (QED) is 0.602. The molecule has 150 valence electrons. The van der Waals surface area contributed by atoms with Crippen molar-refractivity contribution in [1.29, 1.82) is 0 Å². The van der Waals surface area contributed by atoms with E-state index in [1.165, 1.54) is 12.1 Å². The second-order valence-corrected chi connectivity index (χ2v) is 8.55. The first-order valence-electron chi connectivity index (χ1n) is 8.94. The van der Waals surface area contributed by atoms with E-state index in [1.54, 1.807) is 61.7 Å². The van der Waals surface area contributed by atoms with E-state index >= 15 is 0 Å². The van der Waals surface area contributed by atoms with Crippen LogP contribution in [0.1, 0.15) is 21.5 Å². The van der Waals surface area contributed by atoms with Crippen molar-refractivity contribution in [2.75, 3.05) is 12.5 Å². The van der Waals surface area contributed by atoms with E-state index in [9.17, 15) is 13.2 Å². The molecule has 6 nitrogen and oxygen atoms in total.